The third kappa shape index (κ3) is 3.95. The quantitative estimate of drug-likeness (QED) is 0.811. The van der Waals surface area contributed by atoms with E-state index in [1.54, 1.807) is 0 Å². The zero-order valence-corrected chi connectivity index (χ0v) is 12.5. The molecule has 3 aliphatic rings. The lowest BCUT2D eigenvalue weighted by atomic mass is 9.78. The molecule has 1 atom stereocenters. The molecule has 1 heterocycles. The lowest BCUT2D eigenvalue weighted by Gasteiger charge is -2.43. The number of rotatable bonds is 5. The van der Waals surface area contributed by atoms with Crippen LogP contribution in [0.15, 0.2) is 0 Å². The van der Waals surface area contributed by atoms with Gasteiger partial charge in [-0.25, -0.2) is 0 Å². The second kappa shape index (κ2) is 6.44. The van der Waals surface area contributed by atoms with Gasteiger partial charge in [0.15, 0.2) is 0 Å². The predicted molar refractivity (Wildman–Crippen MR) is 78.6 cm³/mol. The average Bonchev–Trinajstić information content (AvgIpc) is 3.24. The Kier molecular flexibility index (Phi) is 4.61. The van der Waals surface area contributed by atoms with Gasteiger partial charge in [0.1, 0.15) is 0 Å². The lowest BCUT2D eigenvalue weighted by Crippen LogP contribution is -2.48. The molecule has 3 fully saturated rings. The van der Waals surface area contributed by atoms with Crippen LogP contribution in [0, 0.1) is 0 Å². The maximum absolute atomic E-state index is 11.7. The first kappa shape index (κ1) is 14.3. The molecule has 0 aromatic heterocycles. The monoisotopic (exact) mass is 280 g/mol. The molecule has 1 unspecified atom stereocenters. The van der Waals surface area contributed by atoms with Crippen molar-refractivity contribution in [2.45, 2.75) is 81.9 Å². The summed E-state index contributed by atoms with van der Waals surface area (Å²) in [5.41, 5.74) is 0.157. The Balaban J connectivity index is 1.37. The summed E-state index contributed by atoms with van der Waals surface area (Å²) >= 11 is 0. The van der Waals surface area contributed by atoms with Gasteiger partial charge in [-0.3, -0.25) is 4.79 Å². The molecule has 2 aliphatic carbocycles. The summed E-state index contributed by atoms with van der Waals surface area (Å²) < 4.78 is 6.11. The van der Waals surface area contributed by atoms with Crippen molar-refractivity contribution in [3.63, 3.8) is 0 Å². The van der Waals surface area contributed by atoms with Crippen LogP contribution in [0.1, 0.15) is 64.2 Å². The van der Waals surface area contributed by atoms with Gasteiger partial charge in [-0.15, -0.1) is 0 Å². The van der Waals surface area contributed by atoms with E-state index in [9.17, 15) is 4.79 Å². The number of amides is 1. The fourth-order valence-electron chi connectivity index (χ4n) is 3.66. The third-order valence-electron chi connectivity index (χ3n) is 4.99. The maximum atomic E-state index is 11.7. The highest BCUT2D eigenvalue weighted by Gasteiger charge is 2.38. The number of ether oxygens (including phenoxy) is 1. The van der Waals surface area contributed by atoms with Gasteiger partial charge in [0.05, 0.1) is 5.60 Å². The van der Waals surface area contributed by atoms with E-state index in [0.29, 0.717) is 18.5 Å². The summed E-state index contributed by atoms with van der Waals surface area (Å²) in [6, 6.07) is 1.02. The number of hydrogen-bond acceptors (Lipinski definition) is 3. The van der Waals surface area contributed by atoms with Gasteiger partial charge >= 0.3 is 0 Å². The largest absolute Gasteiger partial charge is 0.375 e. The van der Waals surface area contributed by atoms with Crippen LogP contribution in [0.2, 0.25) is 0 Å². The van der Waals surface area contributed by atoms with Crippen LogP contribution in [0.5, 0.6) is 0 Å². The lowest BCUT2D eigenvalue weighted by molar-refractivity contribution is -0.121. The molecule has 1 saturated heterocycles. The Bertz CT molecular complexity index is 330. The predicted octanol–water partition coefficient (Wildman–Crippen LogP) is 2.13. The Morgan fingerprint density at radius 3 is 2.65 bits per heavy atom. The highest BCUT2D eigenvalue weighted by Crippen LogP contribution is 2.38. The SMILES string of the molecule is O=C(CCNC1CCOC2(CCCCC2)C1)NC1CC1. The Morgan fingerprint density at radius 2 is 1.90 bits per heavy atom. The number of nitrogens with one attached hydrogen (secondary N) is 2. The second-order valence-electron chi connectivity index (χ2n) is 6.83. The number of carbonyl (C=O) groups is 1. The van der Waals surface area contributed by atoms with E-state index in [0.717, 1.165) is 26.0 Å². The van der Waals surface area contributed by atoms with Gasteiger partial charge in [-0.05, 0) is 38.5 Å². The van der Waals surface area contributed by atoms with Crippen LogP contribution in [-0.2, 0) is 9.53 Å². The molecular weight excluding hydrogens is 252 g/mol. The minimum atomic E-state index is 0.157. The van der Waals surface area contributed by atoms with E-state index in [1.807, 2.05) is 0 Å². The van der Waals surface area contributed by atoms with Crippen molar-refractivity contribution in [1.29, 1.82) is 0 Å². The van der Waals surface area contributed by atoms with Gasteiger partial charge in [0, 0.05) is 31.7 Å². The van der Waals surface area contributed by atoms with Crippen LogP contribution in [0.3, 0.4) is 0 Å². The molecule has 3 rings (SSSR count). The summed E-state index contributed by atoms with van der Waals surface area (Å²) in [5.74, 6) is 0.208. The van der Waals surface area contributed by atoms with Crippen molar-refractivity contribution in [2.24, 2.45) is 0 Å². The molecule has 1 amide bonds. The van der Waals surface area contributed by atoms with Gasteiger partial charge in [-0.1, -0.05) is 19.3 Å². The molecule has 114 valence electrons. The first-order valence-corrected chi connectivity index (χ1v) is 8.43. The Labute approximate surface area is 122 Å². The minimum Gasteiger partial charge on any atom is -0.375 e. The van der Waals surface area contributed by atoms with Gasteiger partial charge in [-0.2, -0.15) is 0 Å². The highest BCUT2D eigenvalue weighted by molar-refractivity contribution is 5.76. The summed E-state index contributed by atoms with van der Waals surface area (Å²) in [7, 11) is 0. The maximum Gasteiger partial charge on any atom is 0.221 e. The number of hydrogen-bond donors (Lipinski definition) is 2. The molecule has 1 spiro atoms. The second-order valence-corrected chi connectivity index (χ2v) is 6.83. The van der Waals surface area contributed by atoms with Crippen LogP contribution in [0.25, 0.3) is 0 Å². The van der Waals surface area contributed by atoms with Gasteiger partial charge in [0.2, 0.25) is 5.91 Å². The van der Waals surface area contributed by atoms with Gasteiger partial charge in [0.25, 0.3) is 0 Å². The van der Waals surface area contributed by atoms with Crippen LogP contribution in [0.4, 0.5) is 0 Å². The van der Waals surface area contributed by atoms with E-state index in [1.165, 1.54) is 44.9 Å². The minimum absolute atomic E-state index is 0.157. The zero-order chi connectivity index (χ0) is 13.8. The van der Waals surface area contributed by atoms with E-state index < -0.39 is 0 Å². The summed E-state index contributed by atoms with van der Waals surface area (Å²) in [6.07, 6.45) is 11.6. The fraction of sp³-hybridized carbons (Fsp3) is 0.938. The van der Waals surface area contributed by atoms with Crippen molar-refractivity contribution < 1.29 is 9.53 Å². The zero-order valence-electron chi connectivity index (χ0n) is 12.5. The summed E-state index contributed by atoms with van der Waals surface area (Å²) in [6.45, 7) is 1.69. The molecule has 4 nitrogen and oxygen atoms in total. The Morgan fingerprint density at radius 1 is 1.10 bits per heavy atom. The van der Waals surface area contributed by atoms with E-state index >= 15 is 0 Å². The standard InChI is InChI=1S/C16H28N2O2/c19-15(18-13-4-5-13)6-10-17-14-7-11-20-16(12-14)8-2-1-3-9-16/h13-14,17H,1-12H2,(H,18,19). The van der Waals surface area contributed by atoms with Crippen molar-refractivity contribution in [2.75, 3.05) is 13.2 Å². The highest BCUT2D eigenvalue weighted by atomic mass is 16.5. The first-order valence-electron chi connectivity index (χ1n) is 8.43. The summed E-state index contributed by atoms with van der Waals surface area (Å²) in [5, 5.41) is 6.62. The normalized spacial score (nSPS) is 29.3. The van der Waals surface area contributed by atoms with E-state index in [2.05, 4.69) is 10.6 Å². The first-order chi connectivity index (χ1) is 9.76. The molecule has 2 N–H and O–H groups in total. The van der Waals surface area contributed by atoms with Crippen molar-refractivity contribution in [3.05, 3.63) is 0 Å². The van der Waals surface area contributed by atoms with Crippen molar-refractivity contribution in [3.8, 4) is 0 Å². The average molecular weight is 280 g/mol. The third-order valence-corrected chi connectivity index (χ3v) is 4.99. The van der Waals surface area contributed by atoms with Crippen LogP contribution in [-0.4, -0.2) is 36.7 Å². The van der Waals surface area contributed by atoms with Crippen LogP contribution < -0.4 is 10.6 Å². The molecule has 2 saturated carbocycles. The molecular formula is C16H28N2O2. The molecule has 0 aromatic rings. The van der Waals surface area contributed by atoms with E-state index in [4.69, 9.17) is 4.74 Å². The van der Waals surface area contributed by atoms with Crippen molar-refractivity contribution in [1.82, 2.24) is 10.6 Å². The topological polar surface area (TPSA) is 50.4 Å². The molecule has 1 aliphatic heterocycles. The molecule has 0 aromatic carbocycles. The number of carbonyl (C=O) groups excluding carboxylic acids is 1. The molecule has 20 heavy (non-hydrogen) atoms. The van der Waals surface area contributed by atoms with Crippen molar-refractivity contribution >= 4 is 5.91 Å². The molecule has 0 bridgehead atoms. The fourth-order valence-corrected chi connectivity index (χ4v) is 3.66. The van der Waals surface area contributed by atoms with Crippen LogP contribution >= 0.6 is 0 Å². The van der Waals surface area contributed by atoms with E-state index in [-0.39, 0.29) is 11.5 Å². The smallest absolute Gasteiger partial charge is 0.221 e. The molecule has 4 heteroatoms. The Hall–Kier alpha value is -0.610. The van der Waals surface area contributed by atoms with Gasteiger partial charge < -0.3 is 15.4 Å². The molecule has 0 radical (unpaired) electrons. The summed E-state index contributed by atoms with van der Waals surface area (Å²) in [4.78, 5) is 11.7.